The molecule has 0 rings (SSSR count). The summed E-state index contributed by atoms with van der Waals surface area (Å²) in [5.74, 6) is -0.702. The Morgan fingerprint density at radius 2 is 1.92 bits per heavy atom. The lowest BCUT2D eigenvalue weighted by molar-refractivity contribution is -0.320. The van der Waals surface area contributed by atoms with Crippen LogP contribution in [0.15, 0.2) is 0 Å². The third-order valence-electron chi connectivity index (χ3n) is 1.55. The van der Waals surface area contributed by atoms with Gasteiger partial charge in [0.05, 0.1) is 13.5 Å². The highest BCUT2D eigenvalue weighted by Gasteiger charge is 2.26. The fraction of sp³-hybridized carbons (Fsp3) is 0.833. The molecule has 5 nitrogen and oxygen atoms in total. The van der Waals surface area contributed by atoms with E-state index in [9.17, 15) is 19.1 Å². The van der Waals surface area contributed by atoms with E-state index < -0.39 is 25.1 Å². The first kappa shape index (κ1) is 11.6. The van der Waals surface area contributed by atoms with Gasteiger partial charge in [-0.1, -0.05) is 21.4 Å². The Hall–Kier alpha value is -0.380. The topological polar surface area (TPSA) is 89.5 Å². The third kappa shape index (κ3) is 2.93. The standard InChI is InChI=1S/C6H13O5P/c1-6(2,12(8,9)10)4-5(7)11-3/h4H2,1-3H3,(H2,8,9,10)/p-2. The van der Waals surface area contributed by atoms with Gasteiger partial charge in [0.1, 0.15) is 0 Å². The first-order valence-electron chi connectivity index (χ1n) is 3.29. The van der Waals surface area contributed by atoms with Gasteiger partial charge in [-0.3, -0.25) is 4.79 Å². The molecule has 0 aliphatic carbocycles. The average molecular weight is 194 g/mol. The van der Waals surface area contributed by atoms with Gasteiger partial charge < -0.3 is 19.1 Å². The normalized spacial score (nSPS) is 12.8. The first-order chi connectivity index (χ1) is 5.20. The lowest BCUT2D eigenvalue weighted by atomic mass is 10.1. The van der Waals surface area contributed by atoms with E-state index in [4.69, 9.17) is 0 Å². The SMILES string of the molecule is COC(=O)CC(C)(C)P(=O)([O-])[O-]. The number of carbonyl (C=O) groups excluding carboxylic acids is 1. The van der Waals surface area contributed by atoms with Crippen LogP contribution in [0.25, 0.3) is 0 Å². The fourth-order valence-electron chi connectivity index (χ4n) is 0.522. The predicted octanol–water partition coefficient (Wildman–Crippen LogP) is -0.758. The molecule has 0 aliphatic heterocycles. The Bertz CT molecular complexity index is 216. The molecule has 0 bridgehead atoms. The van der Waals surface area contributed by atoms with E-state index in [1.54, 1.807) is 0 Å². The second-order valence-electron chi connectivity index (χ2n) is 3.06. The number of hydrogen-bond acceptors (Lipinski definition) is 5. The van der Waals surface area contributed by atoms with Gasteiger partial charge >= 0.3 is 5.97 Å². The van der Waals surface area contributed by atoms with Crippen LogP contribution in [0.5, 0.6) is 0 Å². The van der Waals surface area contributed by atoms with E-state index in [1.165, 1.54) is 13.8 Å². The van der Waals surface area contributed by atoms with Crippen molar-refractivity contribution in [3.63, 3.8) is 0 Å². The maximum atomic E-state index is 10.7. The van der Waals surface area contributed by atoms with Crippen LogP contribution in [-0.2, 0) is 14.1 Å². The Kier molecular flexibility index (Phi) is 3.45. The summed E-state index contributed by atoms with van der Waals surface area (Å²) >= 11 is 0. The molecule has 0 aliphatic rings. The minimum Gasteiger partial charge on any atom is -0.810 e. The molecule has 6 heteroatoms. The number of hydrogen-bond donors (Lipinski definition) is 0. The van der Waals surface area contributed by atoms with E-state index >= 15 is 0 Å². The van der Waals surface area contributed by atoms with Crippen molar-refractivity contribution < 1.29 is 23.9 Å². The summed E-state index contributed by atoms with van der Waals surface area (Å²) in [5.41, 5.74) is 0. The molecule has 0 aromatic carbocycles. The van der Waals surface area contributed by atoms with E-state index in [-0.39, 0.29) is 0 Å². The molecule has 0 spiro atoms. The number of esters is 1. The second kappa shape index (κ2) is 3.56. The maximum absolute atomic E-state index is 10.7. The summed E-state index contributed by atoms with van der Waals surface area (Å²) in [6, 6.07) is 0. The zero-order valence-electron chi connectivity index (χ0n) is 7.20. The van der Waals surface area contributed by atoms with Gasteiger partial charge in [-0.2, -0.15) is 0 Å². The van der Waals surface area contributed by atoms with E-state index in [0.717, 1.165) is 7.11 Å². The zero-order chi connectivity index (χ0) is 9.99. The molecule has 0 aromatic rings. The Morgan fingerprint density at radius 1 is 1.50 bits per heavy atom. The molecular weight excluding hydrogens is 183 g/mol. The Balaban J connectivity index is 4.44. The largest absolute Gasteiger partial charge is 0.810 e. The van der Waals surface area contributed by atoms with Gasteiger partial charge in [-0.15, -0.1) is 0 Å². The van der Waals surface area contributed by atoms with Crippen molar-refractivity contribution >= 4 is 13.6 Å². The summed E-state index contributed by atoms with van der Waals surface area (Å²) in [5, 5.41) is -1.57. The number of ether oxygens (including phenoxy) is 1. The van der Waals surface area contributed by atoms with Crippen molar-refractivity contribution in [1.29, 1.82) is 0 Å². The lowest BCUT2D eigenvalue weighted by Crippen LogP contribution is -2.36. The van der Waals surface area contributed by atoms with Crippen LogP contribution in [0, 0.1) is 0 Å². The Labute approximate surface area is 70.9 Å². The van der Waals surface area contributed by atoms with Gasteiger partial charge in [0.25, 0.3) is 0 Å². The van der Waals surface area contributed by atoms with Crippen molar-refractivity contribution in [3.8, 4) is 0 Å². The summed E-state index contributed by atoms with van der Waals surface area (Å²) in [4.78, 5) is 31.8. The average Bonchev–Trinajstić information content (AvgIpc) is 1.84. The summed E-state index contributed by atoms with van der Waals surface area (Å²) in [6.45, 7) is 2.40. The van der Waals surface area contributed by atoms with E-state index in [0.29, 0.717) is 0 Å². The monoisotopic (exact) mass is 194 g/mol. The molecule has 0 N–H and O–H groups in total. The van der Waals surface area contributed by atoms with E-state index in [1.807, 2.05) is 0 Å². The van der Waals surface area contributed by atoms with Gasteiger partial charge in [-0.25, -0.2) is 0 Å². The molecule has 0 amide bonds. The highest BCUT2D eigenvalue weighted by molar-refractivity contribution is 7.50. The van der Waals surface area contributed by atoms with E-state index in [2.05, 4.69) is 4.74 Å². The van der Waals surface area contributed by atoms with Crippen LogP contribution in [0.2, 0.25) is 0 Å². The van der Waals surface area contributed by atoms with Gasteiger partial charge in [0.15, 0.2) is 0 Å². The van der Waals surface area contributed by atoms with Crippen LogP contribution in [-0.4, -0.2) is 18.2 Å². The molecule has 0 fully saturated rings. The van der Waals surface area contributed by atoms with Crippen LogP contribution in [0.3, 0.4) is 0 Å². The summed E-state index contributed by atoms with van der Waals surface area (Å²) in [6.07, 6.45) is -0.409. The van der Waals surface area contributed by atoms with Crippen molar-refractivity contribution in [3.05, 3.63) is 0 Å². The van der Waals surface area contributed by atoms with Crippen molar-refractivity contribution in [1.82, 2.24) is 0 Å². The second-order valence-corrected chi connectivity index (χ2v) is 5.27. The van der Waals surface area contributed by atoms with Crippen LogP contribution < -0.4 is 9.79 Å². The maximum Gasteiger partial charge on any atom is 0.306 e. The van der Waals surface area contributed by atoms with Crippen molar-refractivity contribution in [2.45, 2.75) is 25.4 Å². The highest BCUT2D eigenvalue weighted by atomic mass is 31.2. The molecule has 0 radical (unpaired) electrons. The number of methoxy groups -OCH3 is 1. The van der Waals surface area contributed by atoms with Crippen LogP contribution >= 0.6 is 7.60 Å². The summed E-state index contributed by atoms with van der Waals surface area (Å²) < 4.78 is 14.8. The minimum absolute atomic E-state index is 0.409. The highest BCUT2D eigenvalue weighted by Crippen LogP contribution is 2.44. The first-order valence-corrected chi connectivity index (χ1v) is 4.84. The molecule has 0 heterocycles. The smallest absolute Gasteiger partial charge is 0.306 e. The van der Waals surface area contributed by atoms with Crippen molar-refractivity contribution in [2.24, 2.45) is 0 Å². The van der Waals surface area contributed by atoms with Crippen LogP contribution in [0.1, 0.15) is 20.3 Å². The van der Waals surface area contributed by atoms with Gasteiger partial charge in [-0.05, 0) is 0 Å². The fourth-order valence-corrected chi connectivity index (χ4v) is 0.845. The van der Waals surface area contributed by atoms with Crippen molar-refractivity contribution in [2.75, 3.05) is 7.11 Å². The predicted molar refractivity (Wildman–Crippen MR) is 38.3 cm³/mol. The number of carbonyl (C=O) groups is 1. The molecule has 0 saturated carbocycles. The molecule has 72 valence electrons. The molecule has 0 unspecified atom stereocenters. The number of rotatable bonds is 3. The third-order valence-corrected chi connectivity index (χ3v) is 3.19. The summed E-state index contributed by atoms with van der Waals surface area (Å²) in [7, 11) is -3.60. The molecule has 0 atom stereocenters. The van der Waals surface area contributed by atoms with Crippen LogP contribution in [0.4, 0.5) is 0 Å². The van der Waals surface area contributed by atoms with Gasteiger partial charge in [0.2, 0.25) is 0 Å². The zero-order valence-corrected chi connectivity index (χ0v) is 8.09. The van der Waals surface area contributed by atoms with Gasteiger partial charge in [0, 0.05) is 5.16 Å². The Morgan fingerprint density at radius 3 is 2.17 bits per heavy atom. The quantitative estimate of drug-likeness (QED) is 0.435. The molecular formula is C6H11O5P-2. The molecule has 12 heavy (non-hydrogen) atoms. The molecule has 0 aromatic heterocycles. The lowest BCUT2D eigenvalue weighted by Gasteiger charge is -2.44. The molecule has 0 saturated heterocycles. The minimum atomic E-state index is -4.74.